The molecule has 0 aromatic heterocycles. The van der Waals surface area contributed by atoms with Crippen LogP contribution in [0.2, 0.25) is 0 Å². The standard InChI is InChI=1S/C16H20BFNO6/c1-12(7-14(20)22-8-13-5-3-2-4-6-13)15(21)19-16-9-23-17(18,24-10-16)25-11-16/h2-6,12H,7-11H2,1H3,(H,19,21)/q-1/t12-,16?,17?/m1/s1. The Hall–Kier alpha value is -1.97. The Balaban J connectivity index is 1.45. The zero-order valence-electron chi connectivity index (χ0n) is 13.9. The van der Waals surface area contributed by atoms with Gasteiger partial charge in [-0.3, -0.25) is 9.59 Å². The molecular formula is C16H20BFNO6-. The first-order chi connectivity index (χ1) is 11.9. The lowest BCUT2D eigenvalue weighted by Gasteiger charge is -2.54. The molecule has 9 heteroatoms. The van der Waals surface area contributed by atoms with E-state index in [0.29, 0.717) is 0 Å². The first kappa shape index (κ1) is 17.8. The van der Waals surface area contributed by atoms with Gasteiger partial charge in [0.25, 0.3) is 0 Å². The van der Waals surface area contributed by atoms with E-state index in [1.165, 1.54) is 0 Å². The van der Waals surface area contributed by atoms with Gasteiger partial charge in [0.1, 0.15) is 6.61 Å². The number of hydrogen-bond acceptors (Lipinski definition) is 6. The summed E-state index contributed by atoms with van der Waals surface area (Å²) in [4.78, 5) is 24.2. The summed E-state index contributed by atoms with van der Waals surface area (Å²) in [5.74, 6) is -1.44. The molecule has 25 heavy (non-hydrogen) atoms. The van der Waals surface area contributed by atoms with E-state index in [4.69, 9.17) is 18.7 Å². The molecule has 1 aromatic rings. The summed E-state index contributed by atoms with van der Waals surface area (Å²) in [5, 5.41) is 2.74. The van der Waals surface area contributed by atoms with Crippen LogP contribution in [-0.4, -0.2) is 44.3 Å². The summed E-state index contributed by atoms with van der Waals surface area (Å²) in [5.41, 5.74) is -0.0474. The smallest absolute Gasteiger partial charge is 0.513 e. The number of benzene rings is 1. The van der Waals surface area contributed by atoms with Gasteiger partial charge in [-0.2, -0.15) is 0 Å². The van der Waals surface area contributed by atoms with Crippen LogP contribution < -0.4 is 5.32 Å². The van der Waals surface area contributed by atoms with Crippen molar-refractivity contribution in [3.8, 4) is 0 Å². The van der Waals surface area contributed by atoms with Gasteiger partial charge in [-0.1, -0.05) is 37.3 Å². The lowest BCUT2D eigenvalue weighted by atomic mass is 9.91. The maximum Gasteiger partial charge on any atom is 0.566 e. The van der Waals surface area contributed by atoms with Crippen LogP contribution in [-0.2, 0) is 34.9 Å². The SMILES string of the molecule is C[C@H](CC(=O)OCc1ccccc1)C(=O)NC12CO[B-](F)(OC1)OC2. The van der Waals surface area contributed by atoms with Gasteiger partial charge < -0.3 is 28.3 Å². The molecule has 0 aliphatic carbocycles. The first-order valence-electron chi connectivity index (χ1n) is 8.15. The van der Waals surface area contributed by atoms with E-state index < -0.39 is 24.5 Å². The number of halogens is 1. The van der Waals surface area contributed by atoms with Gasteiger partial charge in [0.05, 0.1) is 12.0 Å². The van der Waals surface area contributed by atoms with Crippen molar-refractivity contribution in [1.82, 2.24) is 5.32 Å². The first-order valence-corrected chi connectivity index (χ1v) is 8.15. The summed E-state index contributed by atoms with van der Waals surface area (Å²) in [6.07, 6.45) is -0.0612. The second-order valence-corrected chi connectivity index (χ2v) is 6.51. The van der Waals surface area contributed by atoms with Crippen molar-refractivity contribution in [3.63, 3.8) is 0 Å². The van der Waals surface area contributed by atoms with Crippen LogP contribution in [0.25, 0.3) is 0 Å². The molecule has 2 bridgehead atoms. The minimum absolute atomic E-state index is 0.0274. The number of carbonyl (C=O) groups is 2. The van der Waals surface area contributed by atoms with Crippen molar-refractivity contribution in [2.24, 2.45) is 5.92 Å². The van der Waals surface area contributed by atoms with E-state index in [1.54, 1.807) is 6.92 Å². The average molecular weight is 352 g/mol. The number of carbonyl (C=O) groups excluding carboxylic acids is 2. The second-order valence-electron chi connectivity index (χ2n) is 6.51. The van der Waals surface area contributed by atoms with Gasteiger partial charge in [0.2, 0.25) is 5.91 Å². The van der Waals surface area contributed by atoms with Gasteiger partial charge in [-0.15, -0.1) is 0 Å². The van der Waals surface area contributed by atoms with Crippen molar-refractivity contribution in [2.45, 2.75) is 25.5 Å². The average Bonchev–Trinajstić information content (AvgIpc) is 2.62. The van der Waals surface area contributed by atoms with E-state index in [2.05, 4.69) is 5.32 Å². The number of esters is 1. The summed E-state index contributed by atoms with van der Waals surface area (Å²) in [6, 6.07) is 9.28. The fourth-order valence-corrected chi connectivity index (χ4v) is 2.68. The van der Waals surface area contributed by atoms with Gasteiger partial charge in [-0.25, -0.2) is 0 Å². The molecule has 136 valence electrons. The van der Waals surface area contributed by atoms with Crippen LogP contribution in [0.1, 0.15) is 18.9 Å². The normalized spacial score (nSPS) is 29.0. The second kappa shape index (κ2) is 7.11. The maximum absolute atomic E-state index is 13.6. The Morgan fingerprint density at radius 2 is 1.84 bits per heavy atom. The molecule has 4 rings (SSSR count). The zero-order valence-corrected chi connectivity index (χ0v) is 13.9. The molecule has 3 aliphatic heterocycles. The molecule has 0 radical (unpaired) electrons. The van der Waals surface area contributed by atoms with Crippen molar-refractivity contribution < 1.29 is 32.6 Å². The molecule has 1 amide bonds. The number of nitrogens with one attached hydrogen (secondary N) is 1. The monoisotopic (exact) mass is 352 g/mol. The van der Waals surface area contributed by atoms with Gasteiger partial charge >= 0.3 is 13.0 Å². The number of ether oxygens (including phenoxy) is 1. The topological polar surface area (TPSA) is 83.1 Å². The molecular weight excluding hydrogens is 332 g/mol. The van der Waals surface area contributed by atoms with Crippen molar-refractivity contribution in [1.29, 1.82) is 0 Å². The van der Waals surface area contributed by atoms with Crippen LogP contribution in [0.3, 0.4) is 0 Å². The molecule has 0 spiro atoms. The highest BCUT2D eigenvalue weighted by Gasteiger charge is 2.50. The van der Waals surface area contributed by atoms with Crippen LogP contribution in [0.4, 0.5) is 4.32 Å². The molecule has 0 saturated carbocycles. The molecule has 1 N–H and O–H groups in total. The summed E-state index contributed by atoms with van der Waals surface area (Å²) < 4.78 is 33.4. The molecule has 3 aliphatic rings. The molecule has 3 heterocycles. The summed E-state index contributed by atoms with van der Waals surface area (Å²) in [6.45, 7) is 1.70. The summed E-state index contributed by atoms with van der Waals surface area (Å²) in [7, 11) is -3.17. The lowest BCUT2D eigenvalue weighted by molar-refractivity contribution is -0.153. The predicted molar refractivity (Wildman–Crippen MR) is 85.6 cm³/mol. The van der Waals surface area contributed by atoms with Crippen molar-refractivity contribution in [3.05, 3.63) is 35.9 Å². The Labute approximate surface area is 144 Å². The Kier molecular flexibility index (Phi) is 5.07. The zero-order chi connectivity index (χ0) is 17.9. The third-order valence-corrected chi connectivity index (χ3v) is 4.23. The third-order valence-electron chi connectivity index (χ3n) is 4.23. The molecule has 3 saturated heterocycles. The van der Waals surface area contributed by atoms with E-state index >= 15 is 0 Å². The van der Waals surface area contributed by atoms with E-state index in [9.17, 15) is 13.9 Å². The quantitative estimate of drug-likeness (QED) is 0.610. The predicted octanol–water partition coefficient (Wildman–Crippen LogP) is 1.09. The molecule has 1 aromatic carbocycles. The Bertz CT molecular complexity index is 618. The van der Waals surface area contributed by atoms with E-state index in [0.717, 1.165) is 5.56 Å². The maximum atomic E-state index is 13.6. The Morgan fingerprint density at radius 3 is 2.44 bits per heavy atom. The largest absolute Gasteiger partial charge is 0.566 e. The summed E-state index contributed by atoms with van der Waals surface area (Å²) >= 11 is 0. The highest BCUT2D eigenvalue weighted by molar-refractivity contribution is 6.53. The lowest BCUT2D eigenvalue weighted by Crippen LogP contribution is -2.72. The van der Waals surface area contributed by atoms with Gasteiger partial charge in [0, 0.05) is 25.7 Å². The van der Waals surface area contributed by atoms with Crippen molar-refractivity contribution in [2.75, 3.05) is 19.8 Å². The molecule has 7 nitrogen and oxygen atoms in total. The molecule has 1 atom stereocenters. The van der Waals surface area contributed by atoms with E-state index in [1.807, 2.05) is 30.3 Å². The number of rotatable bonds is 6. The van der Waals surface area contributed by atoms with Gasteiger partial charge in [0.15, 0.2) is 0 Å². The van der Waals surface area contributed by atoms with Crippen LogP contribution in [0.5, 0.6) is 0 Å². The fraction of sp³-hybridized carbons (Fsp3) is 0.500. The van der Waals surface area contributed by atoms with Crippen LogP contribution in [0.15, 0.2) is 30.3 Å². The fourth-order valence-electron chi connectivity index (χ4n) is 2.68. The van der Waals surface area contributed by atoms with Gasteiger partial charge in [-0.05, 0) is 5.56 Å². The number of hydrogen-bond donors (Lipinski definition) is 1. The highest BCUT2D eigenvalue weighted by Crippen LogP contribution is 2.30. The minimum atomic E-state index is -3.17. The van der Waals surface area contributed by atoms with Crippen molar-refractivity contribution >= 4 is 18.9 Å². The van der Waals surface area contributed by atoms with Crippen LogP contribution in [0, 0.1) is 5.92 Å². The number of fused-ring (bicyclic) bond motifs is 3. The Morgan fingerprint density at radius 1 is 1.24 bits per heavy atom. The molecule has 3 fully saturated rings. The highest BCUT2D eigenvalue weighted by atomic mass is 19.1. The van der Waals surface area contributed by atoms with Crippen LogP contribution >= 0.6 is 0 Å². The third kappa shape index (κ3) is 4.36. The van der Waals surface area contributed by atoms with E-state index in [-0.39, 0.29) is 38.8 Å². The number of amides is 1. The molecule has 0 unspecified atom stereocenters. The minimum Gasteiger partial charge on any atom is -0.513 e.